The molecule has 108 valence electrons. The second-order valence-electron chi connectivity index (χ2n) is 5.24. The van der Waals surface area contributed by atoms with Gasteiger partial charge in [-0.05, 0) is 50.6 Å². The minimum absolute atomic E-state index is 0.0312. The van der Waals surface area contributed by atoms with Crippen LogP contribution in [0.1, 0.15) is 25.3 Å². The monoisotopic (exact) mass is 275 g/mol. The molecule has 2 amide bonds. The Morgan fingerprint density at radius 1 is 1.15 bits per heavy atom. The molecule has 0 bridgehead atoms. The maximum atomic E-state index is 12.3. The van der Waals surface area contributed by atoms with Crippen LogP contribution in [0, 0.1) is 12.8 Å². The van der Waals surface area contributed by atoms with Gasteiger partial charge in [0.2, 0.25) is 11.8 Å². The maximum absolute atomic E-state index is 12.3. The van der Waals surface area contributed by atoms with Gasteiger partial charge in [-0.15, -0.1) is 0 Å². The van der Waals surface area contributed by atoms with E-state index in [0.717, 1.165) is 31.5 Å². The number of hydrogen-bond donors (Lipinski definition) is 3. The summed E-state index contributed by atoms with van der Waals surface area (Å²) in [4.78, 5) is 23.5. The molecule has 1 fully saturated rings. The molecule has 0 saturated carbocycles. The lowest BCUT2D eigenvalue weighted by molar-refractivity contribution is -0.120. The average Bonchev–Trinajstić information content (AvgIpc) is 2.42. The first-order valence-corrected chi connectivity index (χ1v) is 6.96. The Morgan fingerprint density at radius 2 is 1.85 bits per heavy atom. The van der Waals surface area contributed by atoms with Gasteiger partial charge in [0.25, 0.3) is 0 Å². The Hall–Kier alpha value is -1.88. The zero-order chi connectivity index (χ0) is 14.5. The zero-order valence-electron chi connectivity index (χ0n) is 12.0. The number of carbonyl (C=O) groups excluding carboxylic acids is 2. The first-order valence-electron chi connectivity index (χ1n) is 6.96. The van der Waals surface area contributed by atoms with Crippen LogP contribution < -0.4 is 16.0 Å². The summed E-state index contributed by atoms with van der Waals surface area (Å²) < 4.78 is 0. The number of rotatable bonds is 3. The second kappa shape index (κ2) is 6.52. The van der Waals surface area contributed by atoms with Crippen LogP contribution in [0.2, 0.25) is 0 Å². The molecule has 3 N–H and O–H groups in total. The van der Waals surface area contributed by atoms with E-state index in [-0.39, 0.29) is 17.7 Å². The Balaban J connectivity index is 2.12. The smallest absolute Gasteiger partial charge is 0.227 e. The standard InChI is InChI=1S/C15H21N3O2/c1-10-3-4-13(17-11(2)19)14(9-10)18-15(20)12-5-7-16-8-6-12/h3-4,9,12,16H,5-8H2,1-2H3,(H,17,19)(H,18,20). The van der Waals surface area contributed by atoms with Crippen molar-refractivity contribution < 1.29 is 9.59 Å². The lowest BCUT2D eigenvalue weighted by Gasteiger charge is -2.22. The van der Waals surface area contributed by atoms with E-state index in [1.807, 2.05) is 25.1 Å². The van der Waals surface area contributed by atoms with Gasteiger partial charge >= 0.3 is 0 Å². The summed E-state index contributed by atoms with van der Waals surface area (Å²) >= 11 is 0. The van der Waals surface area contributed by atoms with E-state index in [9.17, 15) is 9.59 Å². The van der Waals surface area contributed by atoms with Crippen LogP contribution in [-0.2, 0) is 9.59 Å². The summed E-state index contributed by atoms with van der Waals surface area (Å²) in [5, 5.41) is 8.93. The lowest BCUT2D eigenvalue weighted by Crippen LogP contribution is -2.34. The van der Waals surface area contributed by atoms with E-state index in [2.05, 4.69) is 16.0 Å². The highest BCUT2D eigenvalue weighted by Crippen LogP contribution is 2.25. The molecule has 20 heavy (non-hydrogen) atoms. The molecule has 1 heterocycles. The minimum atomic E-state index is -0.147. The van der Waals surface area contributed by atoms with Crippen LogP contribution >= 0.6 is 0 Å². The molecule has 1 aliphatic rings. The zero-order valence-corrected chi connectivity index (χ0v) is 12.0. The quantitative estimate of drug-likeness (QED) is 0.789. The topological polar surface area (TPSA) is 70.2 Å². The van der Waals surface area contributed by atoms with E-state index in [1.54, 1.807) is 0 Å². The third kappa shape index (κ3) is 3.81. The number of carbonyl (C=O) groups is 2. The highest BCUT2D eigenvalue weighted by molar-refractivity contribution is 5.99. The largest absolute Gasteiger partial charge is 0.325 e. The average molecular weight is 275 g/mol. The highest BCUT2D eigenvalue weighted by atomic mass is 16.2. The van der Waals surface area contributed by atoms with Crippen LogP contribution in [0.3, 0.4) is 0 Å². The van der Waals surface area contributed by atoms with Gasteiger partial charge in [-0.2, -0.15) is 0 Å². The molecule has 1 saturated heterocycles. The van der Waals surface area contributed by atoms with Crippen LogP contribution in [0.4, 0.5) is 11.4 Å². The summed E-state index contributed by atoms with van der Waals surface area (Å²) in [6, 6.07) is 5.60. The molecule has 5 nitrogen and oxygen atoms in total. The molecule has 2 rings (SSSR count). The third-order valence-electron chi connectivity index (χ3n) is 3.45. The van der Waals surface area contributed by atoms with E-state index < -0.39 is 0 Å². The van der Waals surface area contributed by atoms with Crippen LogP contribution in [0.5, 0.6) is 0 Å². The molecule has 1 aromatic carbocycles. The summed E-state index contributed by atoms with van der Waals surface area (Å²) in [5.41, 5.74) is 2.36. The number of piperidine rings is 1. The van der Waals surface area contributed by atoms with E-state index >= 15 is 0 Å². The number of amides is 2. The molecule has 0 aromatic heterocycles. The number of benzene rings is 1. The van der Waals surface area contributed by atoms with E-state index in [4.69, 9.17) is 0 Å². The maximum Gasteiger partial charge on any atom is 0.227 e. The summed E-state index contributed by atoms with van der Waals surface area (Å²) in [7, 11) is 0. The fourth-order valence-corrected chi connectivity index (χ4v) is 2.38. The molecular formula is C15H21N3O2. The van der Waals surface area contributed by atoms with E-state index in [1.165, 1.54) is 6.92 Å². The van der Waals surface area contributed by atoms with Gasteiger partial charge in [0, 0.05) is 12.8 Å². The molecule has 0 unspecified atom stereocenters. The van der Waals surface area contributed by atoms with Gasteiger partial charge in [-0.1, -0.05) is 6.07 Å². The molecule has 0 radical (unpaired) electrons. The first kappa shape index (κ1) is 14.5. The second-order valence-corrected chi connectivity index (χ2v) is 5.24. The van der Waals surface area contributed by atoms with Gasteiger partial charge < -0.3 is 16.0 Å². The molecule has 0 atom stereocenters. The van der Waals surface area contributed by atoms with Crippen LogP contribution in [0.15, 0.2) is 18.2 Å². The molecule has 0 spiro atoms. The van der Waals surface area contributed by atoms with Crippen molar-refractivity contribution in [1.29, 1.82) is 0 Å². The molecule has 1 aliphatic heterocycles. The predicted molar refractivity (Wildman–Crippen MR) is 79.7 cm³/mol. The van der Waals surface area contributed by atoms with Crippen molar-refractivity contribution in [2.45, 2.75) is 26.7 Å². The molecule has 0 aliphatic carbocycles. The number of anilines is 2. The van der Waals surface area contributed by atoms with Gasteiger partial charge in [0.15, 0.2) is 0 Å². The van der Waals surface area contributed by atoms with E-state index in [0.29, 0.717) is 11.4 Å². The summed E-state index contributed by atoms with van der Waals surface area (Å²) in [6.07, 6.45) is 1.71. The summed E-state index contributed by atoms with van der Waals surface area (Å²) in [5.74, 6) is -0.0724. The molecule has 5 heteroatoms. The van der Waals surface area contributed by atoms with Gasteiger partial charge in [-0.25, -0.2) is 0 Å². The fourth-order valence-electron chi connectivity index (χ4n) is 2.38. The van der Waals surface area contributed by atoms with Crippen molar-refractivity contribution in [2.24, 2.45) is 5.92 Å². The van der Waals surface area contributed by atoms with Crippen LogP contribution in [0.25, 0.3) is 0 Å². The van der Waals surface area contributed by atoms with Crippen molar-refractivity contribution in [3.8, 4) is 0 Å². The number of hydrogen-bond acceptors (Lipinski definition) is 3. The Kier molecular flexibility index (Phi) is 4.74. The van der Waals surface area contributed by atoms with Gasteiger partial charge in [0.1, 0.15) is 0 Å². The van der Waals surface area contributed by atoms with Crippen molar-refractivity contribution in [2.75, 3.05) is 23.7 Å². The predicted octanol–water partition coefficient (Wildman–Crippen LogP) is 1.89. The van der Waals surface area contributed by atoms with Crippen molar-refractivity contribution in [3.05, 3.63) is 23.8 Å². The fraction of sp³-hybridized carbons (Fsp3) is 0.467. The summed E-state index contributed by atoms with van der Waals surface area (Å²) in [6.45, 7) is 5.17. The Bertz CT molecular complexity index is 508. The Labute approximate surface area is 119 Å². The van der Waals surface area contributed by atoms with Gasteiger partial charge in [-0.3, -0.25) is 9.59 Å². The molecule has 1 aromatic rings. The normalized spacial score (nSPS) is 15.7. The first-order chi connectivity index (χ1) is 9.56. The number of aryl methyl sites for hydroxylation is 1. The van der Waals surface area contributed by atoms with Gasteiger partial charge in [0.05, 0.1) is 11.4 Å². The minimum Gasteiger partial charge on any atom is -0.325 e. The van der Waals surface area contributed by atoms with Crippen molar-refractivity contribution in [3.63, 3.8) is 0 Å². The van der Waals surface area contributed by atoms with Crippen molar-refractivity contribution in [1.82, 2.24) is 5.32 Å². The van der Waals surface area contributed by atoms with Crippen molar-refractivity contribution >= 4 is 23.2 Å². The number of nitrogens with one attached hydrogen (secondary N) is 3. The highest BCUT2D eigenvalue weighted by Gasteiger charge is 2.21. The van der Waals surface area contributed by atoms with Crippen LogP contribution in [-0.4, -0.2) is 24.9 Å². The molecular weight excluding hydrogens is 254 g/mol. The SMILES string of the molecule is CC(=O)Nc1ccc(C)cc1NC(=O)C1CCNCC1. The Morgan fingerprint density at radius 3 is 2.50 bits per heavy atom. The third-order valence-corrected chi connectivity index (χ3v) is 3.45. The lowest BCUT2D eigenvalue weighted by atomic mass is 9.97.